The van der Waals surface area contributed by atoms with Crippen LogP contribution in [0.2, 0.25) is 0 Å². The number of anilines is 2. The number of hydrogen-bond acceptors (Lipinski definition) is 12. The molecule has 0 amide bonds. The van der Waals surface area contributed by atoms with Crippen LogP contribution < -0.4 is 14.5 Å². The molecule has 0 aliphatic rings. The molecule has 12 nitrogen and oxygen atoms in total. The van der Waals surface area contributed by atoms with Gasteiger partial charge in [0.2, 0.25) is 11.9 Å². The second-order valence-corrected chi connectivity index (χ2v) is 12.2. The van der Waals surface area contributed by atoms with Gasteiger partial charge in [-0.05, 0) is 73.2 Å². The van der Waals surface area contributed by atoms with Gasteiger partial charge in [-0.1, -0.05) is 43.3 Å². The van der Waals surface area contributed by atoms with E-state index in [9.17, 15) is 5.11 Å². The fourth-order valence-electron chi connectivity index (χ4n) is 5.94. The molecule has 5 heterocycles. The van der Waals surface area contributed by atoms with Gasteiger partial charge >= 0.3 is 0 Å². The van der Waals surface area contributed by atoms with E-state index in [2.05, 4.69) is 19.9 Å². The molecule has 0 atom stereocenters. The van der Waals surface area contributed by atoms with Crippen LogP contribution in [0.5, 0.6) is 11.5 Å². The van der Waals surface area contributed by atoms with E-state index in [1.54, 1.807) is 44.0 Å². The van der Waals surface area contributed by atoms with Crippen molar-refractivity contribution in [1.29, 1.82) is 0 Å². The number of aromatic hydroxyl groups is 1. The fraction of sp³-hybridized carbons (Fsp3) is 0.171. The van der Waals surface area contributed by atoms with E-state index < -0.39 is 0 Å². The number of aliphatic imine (C=N–C) groups is 1. The van der Waals surface area contributed by atoms with Gasteiger partial charge in [0.05, 0.1) is 72.8 Å². The van der Waals surface area contributed by atoms with Crippen molar-refractivity contribution in [3.8, 4) is 11.5 Å². The van der Waals surface area contributed by atoms with Crippen molar-refractivity contribution in [3.63, 3.8) is 0 Å². The number of pyridine rings is 4. The largest absolute Gasteiger partial charge is 0.507 e. The summed E-state index contributed by atoms with van der Waals surface area (Å²) in [6.45, 7) is 3.68. The lowest BCUT2D eigenvalue weighted by Gasteiger charge is -2.26. The lowest BCUT2D eigenvalue weighted by molar-refractivity contribution is 0.419. The van der Waals surface area contributed by atoms with Crippen molar-refractivity contribution >= 4 is 34.1 Å². The predicted octanol–water partition coefficient (Wildman–Crippen LogP) is 7.26. The van der Waals surface area contributed by atoms with Crippen molar-refractivity contribution in [1.82, 2.24) is 34.9 Å². The summed E-state index contributed by atoms with van der Waals surface area (Å²) >= 11 is 0. The van der Waals surface area contributed by atoms with Gasteiger partial charge in [0, 0.05) is 30.2 Å². The van der Waals surface area contributed by atoms with Crippen LogP contribution in [0.4, 0.5) is 17.6 Å². The Labute approximate surface area is 307 Å². The van der Waals surface area contributed by atoms with E-state index in [4.69, 9.17) is 24.7 Å². The Bertz CT molecular complexity index is 2110. The van der Waals surface area contributed by atoms with Crippen molar-refractivity contribution in [2.45, 2.75) is 39.5 Å². The van der Waals surface area contributed by atoms with E-state index in [-0.39, 0.29) is 5.75 Å². The molecule has 2 aromatic carbocycles. The number of methoxy groups -OCH3 is 1. The highest BCUT2D eigenvalue weighted by Crippen LogP contribution is 2.39. The van der Waals surface area contributed by atoms with Crippen LogP contribution >= 0.6 is 0 Å². The predicted molar refractivity (Wildman–Crippen MR) is 205 cm³/mol. The minimum atomic E-state index is 0.139. The fourth-order valence-corrected chi connectivity index (χ4v) is 5.94. The monoisotopic (exact) mass is 702 g/mol. The summed E-state index contributed by atoms with van der Waals surface area (Å²) in [6.07, 6.45) is 7.60. The zero-order chi connectivity index (χ0) is 36.4. The highest BCUT2D eigenvalue weighted by Gasteiger charge is 2.22. The van der Waals surface area contributed by atoms with Gasteiger partial charge in [-0.15, -0.1) is 0 Å². The van der Waals surface area contributed by atoms with Crippen LogP contribution in [-0.2, 0) is 26.2 Å². The molecular formula is C41H38N10O2. The Hall–Kier alpha value is -6.82. The Morgan fingerprint density at radius 3 is 1.51 bits per heavy atom. The topological polar surface area (TPSA) is 139 Å². The minimum Gasteiger partial charge on any atom is -0.507 e. The highest BCUT2D eigenvalue weighted by molar-refractivity contribution is 6.06. The van der Waals surface area contributed by atoms with Crippen molar-refractivity contribution in [2.24, 2.45) is 4.99 Å². The quantitative estimate of drug-likeness (QED) is 0.115. The second-order valence-electron chi connectivity index (χ2n) is 12.2. The third-order valence-electron chi connectivity index (χ3n) is 8.52. The maximum Gasteiger partial charge on any atom is 0.231 e. The molecule has 0 aliphatic heterocycles. The number of benzene rings is 2. The average molecular weight is 703 g/mol. The lowest BCUT2D eigenvalue weighted by atomic mass is 10.1. The Kier molecular flexibility index (Phi) is 10.8. The summed E-state index contributed by atoms with van der Waals surface area (Å²) in [5.41, 5.74) is 4.62. The molecule has 53 heavy (non-hydrogen) atoms. The van der Waals surface area contributed by atoms with E-state index in [1.807, 2.05) is 108 Å². The number of rotatable bonds is 14. The first-order valence-electron chi connectivity index (χ1n) is 17.3. The zero-order valence-corrected chi connectivity index (χ0v) is 29.5. The maximum absolute atomic E-state index is 10.7. The number of phenolic OH excluding ortho intramolecular Hbond substituents is 1. The molecule has 7 aromatic rings. The van der Waals surface area contributed by atoms with Gasteiger partial charge in [-0.3, -0.25) is 19.9 Å². The van der Waals surface area contributed by atoms with Crippen LogP contribution in [0.1, 0.15) is 41.9 Å². The van der Waals surface area contributed by atoms with E-state index >= 15 is 0 Å². The van der Waals surface area contributed by atoms with Crippen LogP contribution in [-0.4, -0.2) is 52.8 Å². The normalized spacial score (nSPS) is 11.4. The molecule has 0 saturated heterocycles. The maximum atomic E-state index is 10.7. The molecule has 7 rings (SSSR count). The van der Waals surface area contributed by atoms with Crippen LogP contribution in [0, 0.1) is 0 Å². The van der Waals surface area contributed by atoms with Crippen LogP contribution in [0.25, 0.3) is 10.8 Å². The van der Waals surface area contributed by atoms with Crippen LogP contribution in [0.15, 0.2) is 133 Å². The summed E-state index contributed by atoms with van der Waals surface area (Å²) in [7, 11) is 1.60. The Balaban J connectivity index is 1.42. The third-order valence-corrected chi connectivity index (χ3v) is 8.52. The van der Waals surface area contributed by atoms with Gasteiger partial charge in [0.1, 0.15) is 11.5 Å². The molecule has 5 aromatic heterocycles. The van der Waals surface area contributed by atoms with Gasteiger partial charge in [-0.2, -0.15) is 15.0 Å². The minimum absolute atomic E-state index is 0.139. The molecule has 1 N–H and O–H groups in total. The van der Waals surface area contributed by atoms with E-state index in [0.29, 0.717) is 78.2 Å². The van der Waals surface area contributed by atoms with Gasteiger partial charge in [0.15, 0.2) is 5.82 Å². The Morgan fingerprint density at radius 1 is 0.604 bits per heavy atom. The molecule has 0 aliphatic carbocycles. The summed E-state index contributed by atoms with van der Waals surface area (Å²) in [5, 5.41) is 12.1. The first-order chi connectivity index (χ1) is 26.1. The van der Waals surface area contributed by atoms with Gasteiger partial charge in [-0.25, -0.2) is 4.99 Å². The number of aromatic nitrogens is 7. The van der Waals surface area contributed by atoms with Crippen molar-refractivity contribution in [2.75, 3.05) is 16.9 Å². The number of hydrogen-bond donors (Lipinski definition) is 1. The first-order valence-corrected chi connectivity index (χ1v) is 17.3. The SMILES string of the molecule is CC/C(=N\c1ccc(O)c2cccc(OC)c12)c1nc(N(Cc2ccccn2)Cc2ccccn2)nc(N(Cc2ccccn2)Cc2ccccn2)n1. The average Bonchev–Trinajstić information content (AvgIpc) is 3.21. The van der Waals surface area contributed by atoms with Crippen molar-refractivity contribution < 1.29 is 9.84 Å². The first kappa shape index (κ1) is 34.6. The molecule has 0 spiro atoms. The summed E-state index contributed by atoms with van der Waals surface area (Å²) < 4.78 is 5.71. The molecule has 12 heteroatoms. The van der Waals surface area contributed by atoms with Crippen molar-refractivity contribution in [3.05, 3.63) is 157 Å². The molecular weight excluding hydrogens is 665 g/mol. The molecule has 264 valence electrons. The molecule has 0 fully saturated rings. The molecule has 0 unspecified atom stereocenters. The second kappa shape index (κ2) is 16.5. The number of fused-ring (bicyclic) bond motifs is 1. The molecule has 0 radical (unpaired) electrons. The van der Waals surface area contributed by atoms with E-state index in [1.165, 1.54) is 0 Å². The number of ether oxygens (including phenoxy) is 1. The summed E-state index contributed by atoms with van der Waals surface area (Å²) in [4.78, 5) is 43.1. The van der Waals surface area contributed by atoms with Crippen LogP contribution in [0.3, 0.4) is 0 Å². The summed E-state index contributed by atoms with van der Waals surface area (Å²) in [6, 6.07) is 32.3. The lowest BCUT2D eigenvalue weighted by Crippen LogP contribution is -2.30. The number of nitrogens with zero attached hydrogens (tertiary/aromatic N) is 10. The zero-order valence-electron chi connectivity index (χ0n) is 29.5. The van der Waals surface area contributed by atoms with Gasteiger partial charge in [0.25, 0.3) is 0 Å². The standard InChI is InChI=1S/C41H38N10O2/c1-3-34(46-35-19-20-36(52)33-17-12-18-37(53-2)38(33)35)39-47-40(50(25-29-13-4-8-21-42-29)26-30-14-5-9-22-43-30)49-41(48-39)51(27-31-15-6-10-23-44-31)28-32-16-7-11-24-45-32/h4-24,52H,3,25-28H2,1-2H3/b46-34+. The smallest absolute Gasteiger partial charge is 0.231 e. The molecule has 0 bridgehead atoms. The Morgan fingerprint density at radius 2 is 1.09 bits per heavy atom. The van der Waals surface area contributed by atoms with Gasteiger partial charge < -0.3 is 19.6 Å². The molecule has 0 saturated carbocycles. The number of phenols is 1. The third kappa shape index (κ3) is 8.39. The van der Waals surface area contributed by atoms with E-state index in [0.717, 1.165) is 22.8 Å². The summed E-state index contributed by atoms with van der Waals surface area (Å²) in [5.74, 6) is 2.01. The highest BCUT2D eigenvalue weighted by atomic mass is 16.5.